The Hall–Kier alpha value is -2.87. The van der Waals surface area contributed by atoms with Crippen LogP contribution < -0.4 is 16.3 Å². The Labute approximate surface area is 166 Å². The maximum atomic E-state index is 13.3. The van der Waals surface area contributed by atoms with Gasteiger partial charge in [0.05, 0.1) is 24.8 Å². The van der Waals surface area contributed by atoms with Crippen molar-refractivity contribution < 1.29 is 0 Å². The second kappa shape index (κ2) is 6.63. The summed E-state index contributed by atoms with van der Waals surface area (Å²) in [6.45, 7) is 6.52. The molecule has 3 aromatic rings. The summed E-state index contributed by atoms with van der Waals surface area (Å²) in [6, 6.07) is 7.21. The van der Waals surface area contributed by atoms with E-state index in [1.165, 1.54) is 9.13 Å². The molecule has 0 radical (unpaired) electrons. The molecule has 1 aliphatic heterocycles. The fraction of sp³-hybridized carbons (Fsp3) is 0.368. The van der Waals surface area contributed by atoms with E-state index in [0.29, 0.717) is 28.7 Å². The fourth-order valence-electron chi connectivity index (χ4n) is 3.48. The third-order valence-corrected chi connectivity index (χ3v) is 5.04. The molecule has 8 nitrogen and oxygen atoms in total. The number of aromatic nitrogens is 4. The van der Waals surface area contributed by atoms with Gasteiger partial charge < -0.3 is 0 Å². The van der Waals surface area contributed by atoms with Gasteiger partial charge in [-0.25, -0.2) is 9.80 Å². The lowest BCUT2D eigenvalue weighted by Gasteiger charge is -2.27. The number of anilines is 1. The van der Waals surface area contributed by atoms with Crippen LogP contribution in [-0.2, 0) is 20.1 Å². The van der Waals surface area contributed by atoms with Crippen molar-refractivity contribution in [3.05, 3.63) is 55.7 Å². The average molecular weight is 401 g/mol. The van der Waals surface area contributed by atoms with Gasteiger partial charge in [0, 0.05) is 12.1 Å². The molecule has 0 unspecified atom stereocenters. The van der Waals surface area contributed by atoms with Gasteiger partial charge in [0.1, 0.15) is 0 Å². The molecule has 0 amide bonds. The topological polar surface area (TPSA) is 77.4 Å². The van der Waals surface area contributed by atoms with Crippen molar-refractivity contribution in [2.24, 2.45) is 12.1 Å². The van der Waals surface area contributed by atoms with Crippen LogP contribution in [0.1, 0.15) is 26.3 Å². The minimum atomic E-state index is -0.415. The number of hydrazone groups is 1. The Bertz CT molecular complexity index is 1230. The van der Waals surface area contributed by atoms with Gasteiger partial charge in [-0.3, -0.25) is 18.5 Å². The minimum absolute atomic E-state index is 0.0662. The van der Waals surface area contributed by atoms with E-state index in [-0.39, 0.29) is 18.1 Å². The Kier molecular flexibility index (Phi) is 4.38. The summed E-state index contributed by atoms with van der Waals surface area (Å²) in [7, 11) is 1.63. The molecule has 2 aromatic heterocycles. The summed E-state index contributed by atoms with van der Waals surface area (Å²) in [5.41, 5.74) is 1.64. The van der Waals surface area contributed by atoms with Crippen LogP contribution in [0.5, 0.6) is 0 Å². The molecule has 4 rings (SSSR count). The highest BCUT2D eigenvalue weighted by atomic mass is 35.5. The van der Waals surface area contributed by atoms with Crippen molar-refractivity contribution in [3.63, 3.8) is 0 Å². The number of benzene rings is 1. The van der Waals surface area contributed by atoms with Gasteiger partial charge in [-0.1, -0.05) is 23.7 Å². The lowest BCUT2D eigenvalue weighted by molar-refractivity contribution is 0.640. The first kappa shape index (κ1) is 18.5. The number of aryl methyl sites for hydroxylation is 1. The Morgan fingerprint density at radius 1 is 1.25 bits per heavy atom. The molecule has 0 aliphatic carbocycles. The van der Waals surface area contributed by atoms with Crippen molar-refractivity contribution in [3.8, 4) is 0 Å². The van der Waals surface area contributed by atoms with Gasteiger partial charge in [-0.15, -0.1) is 0 Å². The molecule has 0 saturated heterocycles. The molecule has 0 N–H and O–H groups in total. The molecular weight excluding hydrogens is 380 g/mol. The van der Waals surface area contributed by atoms with Gasteiger partial charge in [-0.05, 0) is 38.5 Å². The van der Waals surface area contributed by atoms with Crippen LogP contribution in [0.2, 0.25) is 5.02 Å². The largest absolute Gasteiger partial charge is 0.332 e. The number of halogens is 1. The van der Waals surface area contributed by atoms with E-state index in [4.69, 9.17) is 11.6 Å². The highest BCUT2D eigenvalue weighted by Gasteiger charge is 2.27. The average Bonchev–Trinajstić information content (AvgIpc) is 3.02. The molecule has 1 aromatic carbocycles. The number of rotatable bonds is 3. The first-order chi connectivity index (χ1) is 13.3. The number of fused-ring (bicyclic) bond motifs is 3. The highest BCUT2D eigenvalue weighted by molar-refractivity contribution is 6.30. The van der Waals surface area contributed by atoms with Crippen molar-refractivity contribution >= 4 is 34.4 Å². The second-order valence-electron chi connectivity index (χ2n) is 7.31. The number of imidazole rings is 1. The van der Waals surface area contributed by atoms with E-state index in [2.05, 4.69) is 10.1 Å². The monoisotopic (exact) mass is 400 g/mol. The minimum Gasteiger partial charge on any atom is -0.297 e. The predicted octanol–water partition coefficient (Wildman–Crippen LogP) is 2.20. The number of nitrogens with zero attached hydrogens (tertiary/aromatic N) is 6. The lowest BCUT2D eigenvalue weighted by atomic mass is 10.2. The van der Waals surface area contributed by atoms with Crippen LogP contribution in [0.4, 0.5) is 5.95 Å². The molecule has 0 bridgehead atoms. The smallest absolute Gasteiger partial charge is 0.297 e. The summed E-state index contributed by atoms with van der Waals surface area (Å²) in [4.78, 5) is 30.8. The summed E-state index contributed by atoms with van der Waals surface area (Å²) < 4.78 is 4.48. The van der Waals surface area contributed by atoms with Crippen molar-refractivity contribution in [1.82, 2.24) is 18.7 Å². The maximum absolute atomic E-state index is 13.3. The zero-order valence-corrected chi connectivity index (χ0v) is 16.9. The Balaban J connectivity index is 1.97. The quantitative estimate of drug-likeness (QED) is 0.675. The van der Waals surface area contributed by atoms with Crippen LogP contribution in [0.25, 0.3) is 11.2 Å². The third-order valence-electron chi connectivity index (χ3n) is 4.80. The van der Waals surface area contributed by atoms with E-state index >= 15 is 0 Å². The second-order valence-corrected chi connectivity index (χ2v) is 7.74. The van der Waals surface area contributed by atoms with E-state index < -0.39 is 5.69 Å². The Morgan fingerprint density at radius 3 is 2.68 bits per heavy atom. The van der Waals surface area contributed by atoms with Crippen molar-refractivity contribution in [2.45, 2.75) is 39.9 Å². The summed E-state index contributed by atoms with van der Waals surface area (Å²) >= 11 is 6.05. The lowest BCUT2D eigenvalue weighted by Crippen LogP contribution is -2.40. The van der Waals surface area contributed by atoms with Gasteiger partial charge in [0.25, 0.3) is 5.56 Å². The zero-order chi connectivity index (χ0) is 20.2. The molecule has 9 heteroatoms. The molecule has 1 aliphatic rings. The van der Waals surface area contributed by atoms with Crippen LogP contribution in [0.15, 0.2) is 39.0 Å². The van der Waals surface area contributed by atoms with Crippen molar-refractivity contribution in [2.75, 3.05) is 5.01 Å². The summed E-state index contributed by atoms with van der Waals surface area (Å²) in [5, 5.41) is 6.90. The van der Waals surface area contributed by atoms with E-state index in [1.807, 2.05) is 31.4 Å². The molecule has 0 atom stereocenters. The van der Waals surface area contributed by atoms with E-state index in [0.717, 1.165) is 11.3 Å². The standard InChI is InChI=1S/C19H21ClN6O2/c1-11(2)26-18-21-16-15(24(18)9-12(3)22-26)17(27)25(19(28)23(16)4)10-13-6-5-7-14(20)8-13/h5-8,11H,9-10H2,1-4H3. The Morgan fingerprint density at radius 2 is 2.00 bits per heavy atom. The molecule has 0 fully saturated rings. The number of hydrogen-bond donors (Lipinski definition) is 0. The molecule has 28 heavy (non-hydrogen) atoms. The molecule has 3 heterocycles. The number of hydrogen-bond acceptors (Lipinski definition) is 5. The molecule has 0 saturated carbocycles. The fourth-order valence-corrected chi connectivity index (χ4v) is 3.69. The first-order valence-electron chi connectivity index (χ1n) is 9.05. The van der Waals surface area contributed by atoms with Gasteiger partial charge >= 0.3 is 5.69 Å². The molecule has 146 valence electrons. The third kappa shape index (κ3) is 2.84. The zero-order valence-electron chi connectivity index (χ0n) is 16.2. The SMILES string of the molecule is CC1=NN(C(C)C)c2nc3c(c(=O)n(Cc4cccc(Cl)c4)c(=O)n3C)n2C1. The van der Waals surface area contributed by atoms with E-state index in [9.17, 15) is 9.59 Å². The van der Waals surface area contributed by atoms with Gasteiger partial charge in [0.15, 0.2) is 11.2 Å². The van der Waals surface area contributed by atoms with Crippen LogP contribution in [0, 0.1) is 0 Å². The van der Waals surface area contributed by atoms with Crippen LogP contribution >= 0.6 is 11.6 Å². The highest BCUT2D eigenvalue weighted by Crippen LogP contribution is 2.25. The first-order valence-corrected chi connectivity index (χ1v) is 9.43. The molecular formula is C19H21ClN6O2. The summed E-state index contributed by atoms with van der Waals surface area (Å²) in [6.07, 6.45) is 0. The van der Waals surface area contributed by atoms with Crippen LogP contribution in [0.3, 0.4) is 0 Å². The summed E-state index contributed by atoms with van der Waals surface area (Å²) in [5.74, 6) is 0.572. The van der Waals surface area contributed by atoms with Crippen molar-refractivity contribution in [1.29, 1.82) is 0 Å². The maximum Gasteiger partial charge on any atom is 0.332 e. The van der Waals surface area contributed by atoms with Crippen LogP contribution in [-0.4, -0.2) is 30.4 Å². The van der Waals surface area contributed by atoms with Gasteiger partial charge in [0.2, 0.25) is 5.95 Å². The normalized spacial score (nSPS) is 13.9. The predicted molar refractivity (Wildman–Crippen MR) is 111 cm³/mol. The molecule has 0 spiro atoms. The van der Waals surface area contributed by atoms with Gasteiger partial charge in [-0.2, -0.15) is 10.1 Å². The van der Waals surface area contributed by atoms with E-state index in [1.54, 1.807) is 30.3 Å².